The van der Waals surface area contributed by atoms with Crippen LogP contribution in [0.15, 0.2) is 61.2 Å². The number of rotatable bonds is 6. The van der Waals surface area contributed by atoms with E-state index in [0.29, 0.717) is 29.2 Å². The van der Waals surface area contributed by atoms with E-state index in [9.17, 15) is 9.59 Å². The molecule has 0 bridgehead atoms. The van der Waals surface area contributed by atoms with E-state index in [4.69, 9.17) is 4.74 Å². The zero-order chi connectivity index (χ0) is 16.7. The van der Waals surface area contributed by atoms with E-state index in [1.807, 2.05) is 0 Å². The lowest BCUT2D eigenvalue weighted by Gasteiger charge is -2.07. The minimum Gasteiger partial charge on any atom is -0.490 e. The minimum absolute atomic E-state index is 0.244. The van der Waals surface area contributed by atoms with Crippen molar-refractivity contribution in [3.63, 3.8) is 0 Å². The Morgan fingerprint density at radius 1 is 1.04 bits per heavy atom. The molecule has 0 atom stereocenters. The molecule has 0 spiro atoms. The lowest BCUT2D eigenvalue weighted by Crippen LogP contribution is -2.12. The average Bonchev–Trinajstić information content (AvgIpc) is 2.60. The maximum atomic E-state index is 12.2. The molecule has 0 aromatic heterocycles. The SMILES string of the molecule is C=CCOc1ccc(C(=O)Nc2ccc(C(=O)OC)cc2)cc1. The predicted molar refractivity (Wildman–Crippen MR) is 87.9 cm³/mol. The van der Waals surface area contributed by atoms with E-state index in [1.165, 1.54) is 7.11 Å². The van der Waals surface area contributed by atoms with Crippen molar-refractivity contribution < 1.29 is 19.1 Å². The minimum atomic E-state index is -0.419. The summed E-state index contributed by atoms with van der Waals surface area (Å²) in [6.07, 6.45) is 1.65. The summed E-state index contributed by atoms with van der Waals surface area (Å²) in [5.41, 5.74) is 1.52. The van der Waals surface area contributed by atoms with Crippen molar-refractivity contribution in [3.05, 3.63) is 72.3 Å². The fourth-order valence-corrected chi connectivity index (χ4v) is 1.87. The molecule has 2 aromatic carbocycles. The van der Waals surface area contributed by atoms with Gasteiger partial charge in [0.2, 0.25) is 0 Å². The van der Waals surface area contributed by atoms with Gasteiger partial charge in [-0.2, -0.15) is 0 Å². The molecule has 118 valence electrons. The van der Waals surface area contributed by atoms with E-state index in [-0.39, 0.29) is 5.91 Å². The number of ether oxygens (including phenoxy) is 2. The fraction of sp³-hybridized carbons (Fsp3) is 0.111. The van der Waals surface area contributed by atoms with Gasteiger partial charge in [-0.1, -0.05) is 12.7 Å². The molecule has 0 heterocycles. The molecule has 1 N–H and O–H groups in total. The van der Waals surface area contributed by atoms with Crippen LogP contribution < -0.4 is 10.1 Å². The number of hydrogen-bond acceptors (Lipinski definition) is 4. The highest BCUT2D eigenvalue weighted by Gasteiger charge is 2.08. The lowest BCUT2D eigenvalue weighted by molar-refractivity contribution is 0.0600. The topological polar surface area (TPSA) is 64.6 Å². The number of hydrogen-bond donors (Lipinski definition) is 1. The molecule has 0 aliphatic heterocycles. The third kappa shape index (κ3) is 4.44. The van der Waals surface area contributed by atoms with Gasteiger partial charge < -0.3 is 14.8 Å². The molecule has 0 unspecified atom stereocenters. The summed E-state index contributed by atoms with van der Waals surface area (Å²) in [5, 5.41) is 2.76. The first-order chi connectivity index (χ1) is 11.1. The molecule has 2 rings (SSSR count). The van der Waals surface area contributed by atoms with Crippen LogP contribution >= 0.6 is 0 Å². The monoisotopic (exact) mass is 311 g/mol. The molecule has 0 radical (unpaired) electrons. The van der Waals surface area contributed by atoms with Crippen LogP contribution in [0, 0.1) is 0 Å². The van der Waals surface area contributed by atoms with Crippen LogP contribution in [0.1, 0.15) is 20.7 Å². The zero-order valence-corrected chi connectivity index (χ0v) is 12.7. The van der Waals surface area contributed by atoms with Crippen LogP contribution in [0.2, 0.25) is 0 Å². The van der Waals surface area contributed by atoms with Crippen LogP contribution in [-0.2, 0) is 4.74 Å². The summed E-state index contributed by atoms with van der Waals surface area (Å²) in [4.78, 5) is 23.5. The first kappa shape index (κ1) is 16.3. The molecule has 1 amide bonds. The summed E-state index contributed by atoms with van der Waals surface area (Å²) in [6, 6.07) is 13.3. The highest BCUT2D eigenvalue weighted by molar-refractivity contribution is 6.04. The Hall–Kier alpha value is -3.08. The van der Waals surface area contributed by atoms with Gasteiger partial charge in [-0.25, -0.2) is 4.79 Å². The van der Waals surface area contributed by atoms with Gasteiger partial charge >= 0.3 is 5.97 Å². The molecule has 0 aliphatic carbocycles. The largest absolute Gasteiger partial charge is 0.490 e. The van der Waals surface area contributed by atoms with Crippen molar-refractivity contribution in [2.45, 2.75) is 0 Å². The average molecular weight is 311 g/mol. The van der Waals surface area contributed by atoms with E-state index in [0.717, 1.165) is 0 Å². The van der Waals surface area contributed by atoms with Gasteiger partial charge in [0, 0.05) is 11.3 Å². The Bertz CT molecular complexity index is 690. The number of esters is 1. The number of anilines is 1. The van der Waals surface area contributed by atoms with Gasteiger partial charge in [-0.05, 0) is 48.5 Å². The molecule has 0 aliphatic rings. The van der Waals surface area contributed by atoms with Gasteiger partial charge in [-0.15, -0.1) is 0 Å². The zero-order valence-electron chi connectivity index (χ0n) is 12.7. The third-order valence-corrected chi connectivity index (χ3v) is 3.05. The fourth-order valence-electron chi connectivity index (χ4n) is 1.87. The van der Waals surface area contributed by atoms with Crippen molar-refractivity contribution in [3.8, 4) is 5.75 Å². The summed E-state index contributed by atoms with van der Waals surface area (Å²) in [5.74, 6) is 0.00737. The standard InChI is InChI=1S/C18H17NO4/c1-3-12-23-16-10-6-13(7-11-16)17(20)19-15-8-4-14(5-9-15)18(21)22-2/h3-11H,1,12H2,2H3,(H,19,20). The number of carbonyl (C=O) groups is 2. The first-order valence-corrected chi connectivity index (χ1v) is 6.97. The number of nitrogens with one attached hydrogen (secondary N) is 1. The second-order valence-corrected chi connectivity index (χ2v) is 4.65. The van der Waals surface area contributed by atoms with Gasteiger partial charge in [0.05, 0.1) is 12.7 Å². The van der Waals surface area contributed by atoms with Crippen molar-refractivity contribution in [1.29, 1.82) is 0 Å². The first-order valence-electron chi connectivity index (χ1n) is 6.97. The van der Waals surface area contributed by atoms with Crippen molar-refractivity contribution in [1.82, 2.24) is 0 Å². The number of carbonyl (C=O) groups excluding carboxylic acids is 2. The van der Waals surface area contributed by atoms with E-state index < -0.39 is 5.97 Å². The molecule has 0 fully saturated rings. The molecular formula is C18H17NO4. The Morgan fingerprint density at radius 2 is 1.65 bits per heavy atom. The number of methoxy groups -OCH3 is 1. The van der Waals surface area contributed by atoms with E-state index in [2.05, 4.69) is 16.6 Å². The molecule has 5 nitrogen and oxygen atoms in total. The van der Waals surface area contributed by atoms with Crippen LogP contribution in [0.25, 0.3) is 0 Å². The van der Waals surface area contributed by atoms with Crippen molar-refractivity contribution in [2.75, 3.05) is 19.0 Å². The maximum absolute atomic E-state index is 12.2. The maximum Gasteiger partial charge on any atom is 0.337 e. The highest BCUT2D eigenvalue weighted by atomic mass is 16.5. The van der Waals surface area contributed by atoms with Crippen LogP contribution in [0.3, 0.4) is 0 Å². The third-order valence-electron chi connectivity index (χ3n) is 3.05. The van der Waals surface area contributed by atoms with Crippen molar-refractivity contribution in [2.24, 2.45) is 0 Å². The number of benzene rings is 2. The van der Waals surface area contributed by atoms with Crippen LogP contribution in [-0.4, -0.2) is 25.6 Å². The normalized spacial score (nSPS) is 9.78. The molecule has 5 heteroatoms. The quantitative estimate of drug-likeness (QED) is 0.657. The smallest absolute Gasteiger partial charge is 0.337 e. The van der Waals surface area contributed by atoms with E-state index in [1.54, 1.807) is 54.6 Å². The van der Waals surface area contributed by atoms with Gasteiger partial charge in [0.1, 0.15) is 12.4 Å². The molecule has 23 heavy (non-hydrogen) atoms. The molecule has 0 saturated carbocycles. The second-order valence-electron chi connectivity index (χ2n) is 4.65. The van der Waals surface area contributed by atoms with Crippen molar-refractivity contribution >= 4 is 17.6 Å². The van der Waals surface area contributed by atoms with Gasteiger partial charge in [-0.3, -0.25) is 4.79 Å². The summed E-state index contributed by atoms with van der Waals surface area (Å²) >= 11 is 0. The molecular weight excluding hydrogens is 294 g/mol. The Morgan fingerprint density at radius 3 is 2.22 bits per heavy atom. The second kappa shape index (κ2) is 7.79. The Labute approximate surface area is 134 Å². The predicted octanol–water partition coefficient (Wildman–Crippen LogP) is 3.29. The summed E-state index contributed by atoms with van der Waals surface area (Å²) < 4.78 is 9.98. The molecule has 2 aromatic rings. The lowest BCUT2D eigenvalue weighted by atomic mass is 10.1. The molecule has 0 saturated heterocycles. The van der Waals surface area contributed by atoms with Gasteiger partial charge in [0.25, 0.3) is 5.91 Å². The Kier molecular flexibility index (Phi) is 5.52. The summed E-state index contributed by atoms with van der Waals surface area (Å²) in [7, 11) is 1.32. The highest BCUT2D eigenvalue weighted by Crippen LogP contribution is 2.15. The van der Waals surface area contributed by atoms with Crippen LogP contribution in [0.5, 0.6) is 5.75 Å². The van der Waals surface area contributed by atoms with E-state index >= 15 is 0 Å². The number of amides is 1. The van der Waals surface area contributed by atoms with Gasteiger partial charge in [0.15, 0.2) is 0 Å². The Balaban J connectivity index is 2.01. The van der Waals surface area contributed by atoms with Crippen LogP contribution in [0.4, 0.5) is 5.69 Å². The summed E-state index contributed by atoms with van der Waals surface area (Å²) in [6.45, 7) is 3.99.